The van der Waals surface area contributed by atoms with Gasteiger partial charge < -0.3 is 13.5 Å². The predicted molar refractivity (Wildman–Crippen MR) is 76.7 cm³/mol. The van der Waals surface area contributed by atoms with Crippen molar-refractivity contribution >= 4 is 7.60 Å². The minimum absolute atomic E-state index is 0.0653. The smallest absolute Gasteiger partial charge is 0.335 e. The van der Waals surface area contributed by atoms with E-state index in [-0.39, 0.29) is 11.6 Å². The van der Waals surface area contributed by atoms with Crippen LogP contribution in [-0.2, 0) is 25.2 Å². The van der Waals surface area contributed by atoms with Gasteiger partial charge in [0, 0.05) is 11.0 Å². The van der Waals surface area contributed by atoms with Crippen molar-refractivity contribution in [2.45, 2.75) is 53.1 Å². The number of rotatable bonds is 6. The Hall–Kier alpha value is -0.570. The van der Waals surface area contributed by atoms with Gasteiger partial charge in [-0.1, -0.05) is 20.8 Å². The third-order valence-electron chi connectivity index (χ3n) is 2.78. The molecule has 0 saturated carbocycles. The van der Waals surface area contributed by atoms with E-state index in [9.17, 15) is 4.57 Å². The Morgan fingerprint density at radius 2 is 1.74 bits per heavy atom. The Bertz CT molecular complexity index is 447. The highest BCUT2D eigenvalue weighted by molar-refractivity contribution is 7.53. The zero-order valence-corrected chi connectivity index (χ0v) is 13.7. The maximum absolute atomic E-state index is 12.5. The first-order valence-electron chi connectivity index (χ1n) is 6.69. The van der Waals surface area contributed by atoms with Crippen molar-refractivity contribution in [3.63, 3.8) is 0 Å². The van der Waals surface area contributed by atoms with E-state index < -0.39 is 7.60 Å². The van der Waals surface area contributed by atoms with E-state index in [1.807, 2.05) is 26.8 Å². The Labute approximate surface area is 116 Å². The second-order valence-corrected chi connectivity index (χ2v) is 7.60. The van der Waals surface area contributed by atoms with Gasteiger partial charge >= 0.3 is 7.60 Å². The molecule has 1 heterocycles. The molecule has 0 bridgehead atoms. The van der Waals surface area contributed by atoms with Crippen molar-refractivity contribution < 1.29 is 18.0 Å². The summed E-state index contributed by atoms with van der Waals surface area (Å²) in [6.45, 7) is 12.5. The minimum Gasteiger partial charge on any atom is -0.466 e. The monoisotopic (exact) mass is 288 g/mol. The minimum atomic E-state index is -3.07. The molecule has 0 amide bonds. The van der Waals surface area contributed by atoms with E-state index in [0.717, 1.165) is 17.1 Å². The summed E-state index contributed by atoms with van der Waals surface area (Å²) in [7, 11) is -3.07. The van der Waals surface area contributed by atoms with Crippen LogP contribution in [0.5, 0.6) is 0 Å². The lowest BCUT2D eigenvalue weighted by Gasteiger charge is -2.16. The molecule has 19 heavy (non-hydrogen) atoms. The van der Waals surface area contributed by atoms with Crippen molar-refractivity contribution in [3.05, 3.63) is 23.2 Å². The molecule has 0 radical (unpaired) electrons. The van der Waals surface area contributed by atoms with Crippen molar-refractivity contribution in [2.75, 3.05) is 13.2 Å². The molecule has 0 fully saturated rings. The zero-order chi connectivity index (χ0) is 14.7. The van der Waals surface area contributed by atoms with Gasteiger partial charge in [-0.25, -0.2) is 0 Å². The lowest BCUT2D eigenvalue weighted by molar-refractivity contribution is 0.219. The van der Waals surface area contributed by atoms with Gasteiger partial charge in [0.1, 0.15) is 11.5 Å². The average Bonchev–Trinajstić information content (AvgIpc) is 2.60. The normalized spacial score (nSPS) is 12.9. The molecule has 0 spiro atoms. The van der Waals surface area contributed by atoms with Crippen LogP contribution in [-0.4, -0.2) is 13.2 Å². The maximum Gasteiger partial charge on any atom is 0.335 e. The van der Waals surface area contributed by atoms with Crippen LogP contribution < -0.4 is 0 Å². The van der Waals surface area contributed by atoms with Gasteiger partial charge in [0.2, 0.25) is 0 Å². The van der Waals surface area contributed by atoms with Crippen molar-refractivity contribution in [2.24, 2.45) is 0 Å². The molecule has 0 atom stereocenters. The molecule has 0 aliphatic heterocycles. The van der Waals surface area contributed by atoms with Crippen LogP contribution in [0.4, 0.5) is 0 Å². The Morgan fingerprint density at radius 3 is 2.11 bits per heavy atom. The summed E-state index contributed by atoms with van der Waals surface area (Å²) in [6.07, 6.45) is 0.264. The molecule has 110 valence electrons. The van der Waals surface area contributed by atoms with Crippen LogP contribution in [0.15, 0.2) is 10.5 Å². The molecule has 1 aromatic heterocycles. The molecular weight excluding hydrogens is 263 g/mol. The van der Waals surface area contributed by atoms with Gasteiger partial charge in [-0.2, -0.15) is 0 Å². The standard InChI is InChI=1S/C14H25O4P/c1-7-16-19(15,17-8-2)10-12-9-13(14(4,5)6)18-11(12)3/h9H,7-8,10H2,1-6H3. The Kier molecular flexibility index (Phi) is 5.43. The van der Waals surface area contributed by atoms with Gasteiger partial charge in [-0.3, -0.25) is 4.57 Å². The molecule has 4 nitrogen and oxygen atoms in total. The summed E-state index contributed by atoms with van der Waals surface area (Å²) in [5.74, 6) is 1.67. The predicted octanol–water partition coefficient (Wildman–Crippen LogP) is 4.65. The summed E-state index contributed by atoms with van der Waals surface area (Å²) >= 11 is 0. The van der Waals surface area contributed by atoms with Gasteiger partial charge in [0.15, 0.2) is 0 Å². The van der Waals surface area contributed by atoms with Crippen LogP contribution in [0, 0.1) is 6.92 Å². The SMILES string of the molecule is CCOP(=O)(Cc1cc(C(C)(C)C)oc1C)OCC. The summed E-state index contributed by atoms with van der Waals surface area (Å²) in [6, 6.07) is 1.96. The van der Waals surface area contributed by atoms with Crippen LogP contribution in [0.1, 0.15) is 51.7 Å². The van der Waals surface area contributed by atoms with Crippen LogP contribution in [0.2, 0.25) is 0 Å². The number of furan rings is 1. The molecule has 0 saturated heterocycles. The molecule has 0 aromatic carbocycles. The molecule has 0 unspecified atom stereocenters. The van der Waals surface area contributed by atoms with Crippen LogP contribution >= 0.6 is 7.60 Å². The molecule has 0 aliphatic carbocycles. The molecular formula is C14H25O4P. The van der Waals surface area contributed by atoms with Crippen LogP contribution in [0.3, 0.4) is 0 Å². The van der Waals surface area contributed by atoms with E-state index in [1.165, 1.54) is 0 Å². The van der Waals surface area contributed by atoms with Crippen molar-refractivity contribution in [1.82, 2.24) is 0 Å². The fourth-order valence-corrected chi connectivity index (χ4v) is 3.55. The van der Waals surface area contributed by atoms with E-state index in [4.69, 9.17) is 13.5 Å². The highest BCUT2D eigenvalue weighted by atomic mass is 31.2. The van der Waals surface area contributed by atoms with E-state index in [1.54, 1.807) is 0 Å². The van der Waals surface area contributed by atoms with Crippen LogP contribution in [0.25, 0.3) is 0 Å². The Balaban J connectivity index is 2.98. The number of hydrogen-bond acceptors (Lipinski definition) is 4. The number of aryl methyl sites for hydroxylation is 1. The molecule has 5 heteroatoms. The van der Waals surface area contributed by atoms with Crippen molar-refractivity contribution in [1.29, 1.82) is 0 Å². The first-order chi connectivity index (χ1) is 8.72. The lowest BCUT2D eigenvalue weighted by atomic mass is 9.93. The largest absolute Gasteiger partial charge is 0.466 e. The first kappa shape index (κ1) is 16.5. The van der Waals surface area contributed by atoms with Gasteiger partial charge in [-0.15, -0.1) is 0 Å². The first-order valence-corrected chi connectivity index (χ1v) is 8.42. The quantitative estimate of drug-likeness (QED) is 0.715. The molecule has 1 rings (SSSR count). The summed E-state index contributed by atoms with van der Waals surface area (Å²) < 4.78 is 28.9. The average molecular weight is 288 g/mol. The summed E-state index contributed by atoms with van der Waals surface area (Å²) in [4.78, 5) is 0. The Morgan fingerprint density at radius 1 is 1.21 bits per heavy atom. The molecule has 0 aliphatic rings. The zero-order valence-electron chi connectivity index (χ0n) is 12.8. The van der Waals surface area contributed by atoms with Gasteiger partial charge in [0.25, 0.3) is 0 Å². The second-order valence-electron chi connectivity index (χ2n) is 5.55. The summed E-state index contributed by atoms with van der Waals surface area (Å²) in [5.41, 5.74) is 0.833. The highest BCUT2D eigenvalue weighted by Gasteiger charge is 2.28. The lowest BCUT2D eigenvalue weighted by Crippen LogP contribution is -2.09. The second kappa shape index (κ2) is 6.25. The number of hydrogen-bond donors (Lipinski definition) is 0. The molecule has 0 N–H and O–H groups in total. The van der Waals surface area contributed by atoms with Gasteiger partial charge in [0.05, 0.1) is 19.4 Å². The van der Waals surface area contributed by atoms with E-state index >= 15 is 0 Å². The summed E-state index contributed by atoms with van der Waals surface area (Å²) in [5, 5.41) is 0. The highest BCUT2D eigenvalue weighted by Crippen LogP contribution is 2.52. The van der Waals surface area contributed by atoms with E-state index in [2.05, 4.69) is 20.8 Å². The fourth-order valence-electron chi connectivity index (χ4n) is 1.78. The van der Waals surface area contributed by atoms with Gasteiger partial charge in [-0.05, 0) is 26.8 Å². The third-order valence-corrected chi connectivity index (χ3v) is 4.81. The van der Waals surface area contributed by atoms with E-state index in [0.29, 0.717) is 13.2 Å². The maximum atomic E-state index is 12.5. The van der Waals surface area contributed by atoms with Crippen molar-refractivity contribution in [3.8, 4) is 0 Å². The fraction of sp³-hybridized carbons (Fsp3) is 0.714. The third kappa shape index (κ3) is 4.48. The molecule has 1 aromatic rings. The topological polar surface area (TPSA) is 48.7 Å².